The van der Waals surface area contributed by atoms with Gasteiger partial charge in [0.25, 0.3) is 0 Å². The van der Waals surface area contributed by atoms with Gasteiger partial charge in [-0.05, 0) is 68.3 Å². The van der Waals surface area contributed by atoms with E-state index in [1.807, 2.05) is 69.3 Å². The van der Waals surface area contributed by atoms with E-state index in [2.05, 4.69) is 20.8 Å². The summed E-state index contributed by atoms with van der Waals surface area (Å²) in [7, 11) is 0. The van der Waals surface area contributed by atoms with Gasteiger partial charge < -0.3 is 15.4 Å². The van der Waals surface area contributed by atoms with Crippen molar-refractivity contribution in [2.24, 2.45) is 0 Å². The van der Waals surface area contributed by atoms with Gasteiger partial charge in [0.1, 0.15) is 5.75 Å². The highest BCUT2D eigenvalue weighted by atomic mass is 16.5. The first-order chi connectivity index (χ1) is 13.5. The Morgan fingerprint density at radius 1 is 0.964 bits per heavy atom. The van der Waals surface area contributed by atoms with Crippen molar-refractivity contribution in [2.75, 3.05) is 10.6 Å². The monoisotopic (exact) mass is 376 g/mol. The molecule has 2 aromatic carbocycles. The Balaban J connectivity index is 1.56. The molecule has 0 spiro atoms. The first-order valence-corrected chi connectivity index (χ1v) is 9.21. The quantitative estimate of drug-likeness (QED) is 0.635. The van der Waals surface area contributed by atoms with Gasteiger partial charge >= 0.3 is 0 Å². The third-order valence-corrected chi connectivity index (χ3v) is 4.04. The number of carbonyl (C=O) groups is 1. The van der Waals surface area contributed by atoms with Crippen LogP contribution in [0.3, 0.4) is 0 Å². The molecule has 0 radical (unpaired) electrons. The number of hydrogen-bond acceptors (Lipinski definition) is 5. The minimum Gasteiger partial charge on any atom is -0.491 e. The van der Waals surface area contributed by atoms with Crippen LogP contribution in [0.2, 0.25) is 0 Å². The Bertz CT molecular complexity index is 922. The number of ether oxygens (including phenoxy) is 1. The van der Waals surface area contributed by atoms with Crippen LogP contribution in [0.5, 0.6) is 5.75 Å². The molecule has 0 fully saturated rings. The summed E-state index contributed by atoms with van der Waals surface area (Å²) in [4.78, 5) is 12.2. The zero-order valence-electron chi connectivity index (χ0n) is 16.3. The summed E-state index contributed by atoms with van der Waals surface area (Å²) in [6.45, 7) is 5.97. The van der Waals surface area contributed by atoms with Crippen LogP contribution < -0.4 is 15.4 Å². The van der Waals surface area contributed by atoms with E-state index in [1.165, 1.54) is 0 Å². The van der Waals surface area contributed by atoms with Gasteiger partial charge in [-0.15, -0.1) is 10.2 Å². The molecule has 0 atom stereocenters. The van der Waals surface area contributed by atoms with Crippen molar-refractivity contribution in [3.8, 4) is 5.75 Å². The van der Waals surface area contributed by atoms with Crippen molar-refractivity contribution in [1.82, 2.24) is 10.2 Å². The van der Waals surface area contributed by atoms with Gasteiger partial charge in [0.2, 0.25) is 5.91 Å². The molecule has 2 N–H and O–H groups in total. The molecule has 1 heterocycles. The smallest absolute Gasteiger partial charge is 0.230 e. The summed E-state index contributed by atoms with van der Waals surface area (Å²) < 4.78 is 5.63. The van der Waals surface area contributed by atoms with E-state index >= 15 is 0 Å². The Morgan fingerprint density at radius 3 is 2.29 bits per heavy atom. The third kappa shape index (κ3) is 5.54. The van der Waals surface area contributed by atoms with Crippen LogP contribution in [-0.4, -0.2) is 22.2 Å². The largest absolute Gasteiger partial charge is 0.491 e. The molecule has 6 heteroatoms. The van der Waals surface area contributed by atoms with Crippen LogP contribution in [0, 0.1) is 6.92 Å². The average molecular weight is 376 g/mol. The molecule has 3 aromatic rings. The van der Waals surface area contributed by atoms with Gasteiger partial charge in [0.15, 0.2) is 11.6 Å². The second-order valence-corrected chi connectivity index (χ2v) is 6.77. The van der Waals surface area contributed by atoms with Gasteiger partial charge in [-0.1, -0.05) is 24.3 Å². The van der Waals surface area contributed by atoms with Crippen molar-refractivity contribution < 1.29 is 9.53 Å². The second-order valence-electron chi connectivity index (χ2n) is 6.77. The number of nitrogens with zero attached hydrogens (tertiary/aromatic N) is 2. The third-order valence-electron chi connectivity index (χ3n) is 4.04. The van der Waals surface area contributed by atoms with Gasteiger partial charge in [-0.3, -0.25) is 4.79 Å². The lowest BCUT2D eigenvalue weighted by atomic mass is 10.1. The maximum absolute atomic E-state index is 12.2. The van der Waals surface area contributed by atoms with E-state index in [0.717, 1.165) is 22.6 Å². The zero-order valence-corrected chi connectivity index (χ0v) is 16.3. The summed E-state index contributed by atoms with van der Waals surface area (Å²) in [5, 5.41) is 14.1. The molecule has 6 nitrogen and oxygen atoms in total. The lowest BCUT2D eigenvalue weighted by Crippen LogP contribution is -2.16. The highest BCUT2D eigenvalue weighted by Gasteiger charge is 2.07. The Kier molecular flexibility index (Phi) is 6.22. The van der Waals surface area contributed by atoms with Crippen molar-refractivity contribution in [2.45, 2.75) is 33.3 Å². The Morgan fingerprint density at radius 2 is 1.64 bits per heavy atom. The standard InChI is InChI=1S/C22H24N4O2/c1-15(2)28-19-10-8-18(9-11-19)23-20-12-13-21(26-25-20)24-22(27)14-17-7-5-4-6-16(17)3/h4-13,15H,14H2,1-3H3,(H,23,25)(H,24,26,27). The molecule has 1 amide bonds. The summed E-state index contributed by atoms with van der Waals surface area (Å²) >= 11 is 0. The minimum atomic E-state index is -0.120. The fourth-order valence-corrected chi connectivity index (χ4v) is 2.67. The van der Waals surface area contributed by atoms with Gasteiger partial charge in [-0.25, -0.2) is 0 Å². The van der Waals surface area contributed by atoms with E-state index in [-0.39, 0.29) is 12.0 Å². The number of rotatable bonds is 7. The lowest BCUT2D eigenvalue weighted by Gasteiger charge is -2.11. The minimum absolute atomic E-state index is 0.120. The van der Waals surface area contributed by atoms with E-state index < -0.39 is 0 Å². The fraction of sp³-hybridized carbons (Fsp3) is 0.227. The molecule has 1 aromatic heterocycles. The summed E-state index contributed by atoms with van der Waals surface area (Å²) in [6.07, 6.45) is 0.442. The van der Waals surface area contributed by atoms with E-state index in [4.69, 9.17) is 4.74 Å². The molecule has 0 aliphatic heterocycles. The first-order valence-electron chi connectivity index (χ1n) is 9.21. The lowest BCUT2D eigenvalue weighted by molar-refractivity contribution is -0.115. The summed E-state index contributed by atoms with van der Waals surface area (Å²) in [5.41, 5.74) is 2.96. The summed E-state index contributed by atoms with van der Waals surface area (Å²) in [6, 6.07) is 18.9. The predicted molar refractivity (Wildman–Crippen MR) is 111 cm³/mol. The van der Waals surface area contributed by atoms with Crippen LogP contribution in [0.15, 0.2) is 60.7 Å². The number of aryl methyl sites for hydroxylation is 1. The zero-order chi connectivity index (χ0) is 19.9. The normalized spacial score (nSPS) is 10.6. The number of hydrogen-bond donors (Lipinski definition) is 2. The molecule has 0 unspecified atom stereocenters. The molecule has 0 aliphatic rings. The topological polar surface area (TPSA) is 76.1 Å². The molecular weight excluding hydrogens is 352 g/mol. The second kappa shape index (κ2) is 8.99. The first kappa shape index (κ1) is 19.4. The van der Waals surface area contributed by atoms with E-state index in [0.29, 0.717) is 18.1 Å². The molecule has 0 aliphatic carbocycles. The number of nitrogens with one attached hydrogen (secondary N) is 2. The molecule has 0 saturated carbocycles. The Hall–Kier alpha value is -3.41. The molecule has 144 valence electrons. The SMILES string of the molecule is Cc1ccccc1CC(=O)Nc1ccc(Nc2ccc(OC(C)C)cc2)nn1. The van der Waals surface area contributed by atoms with Gasteiger partial charge in [0, 0.05) is 5.69 Å². The maximum atomic E-state index is 12.2. The average Bonchev–Trinajstić information content (AvgIpc) is 2.66. The number of aromatic nitrogens is 2. The van der Waals surface area contributed by atoms with E-state index in [9.17, 15) is 4.79 Å². The summed E-state index contributed by atoms with van der Waals surface area (Å²) in [5.74, 6) is 1.71. The van der Waals surface area contributed by atoms with Crippen molar-refractivity contribution in [3.05, 3.63) is 71.8 Å². The van der Waals surface area contributed by atoms with Crippen LogP contribution in [0.4, 0.5) is 17.3 Å². The fourth-order valence-electron chi connectivity index (χ4n) is 2.67. The highest BCUT2D eigenvalue weighted by molar-refractivity contribution is 5.91. The molecular formula is C22H24N4O2. The van der Waals surface area contributed by atoms with Crippen molar-refractivity contribution in [1.29, 1.82) is 0 Å². The predicted octanol–water partition coefficient (Wildman–Crippen LogP) is 4.50. The highest BCUT2D eigenvalue weighted by Crippen LogP contribution is 2.20. The number of amides is 1. The number of carbonyl (C=O) groups excluding carboxylic acids is 1. The molecule has 3 rings (SSSR count). The Labute approximate surface area is 165 Å². The van der Waals surface area contributed by atoms with Crippen LogP contribution in [-0.2, 0) is 11.2 Å². The van der Waals surface area contributed by atoms with Crippen LogP contribution in [0.1, 0.15) is 25.0 Å². The number of anilines is 3. The van der Waals surface area contributed by atoms with Crippen molar-refractivity contribution in [3.63, 3.8) is 0 Å². The van der Waals surface area contributed by atoms with Crippen LogP contribution >= 0.6 is 0 Å². The van der Waals surface area contributed by atoms with Crippen LogP contribution in [0.25, 0.3) is 0 Å². The molecule has 28 heavy (non-hydrogen) atoms. The number of benzene rings is 2. The van der Waals surface area contributed by atoms with Gasteiger partial charge in [-0.2, -0.15) is 0 Å². The maximum Gasteiger partial charge on any atom is 0.230 e. The molecule has 0 bridgehead atoms. The molecule has 0 saturated heterocycles. The van der Waals surface area contributed by atoms with E-state index in [1.54, 1.807) is 12.1 Å². The van der Waals surface area contributed by atoms with Crippen molar-refractivity contribution >= 4 is 23.2 Å². The van der Waals surface area contributed by atoms with Gasteiger partial charge in [0.05, 0.1) is 12.5 Å².